The van der Waals surface area contributed by atoms with Crippen molar-refractivity contribution in [3.8, 4) is 11.4 Å². The number of amides is 2. The SMILES string of the molecule is O=C(Nc1ccc(C(=O)Cc2ccccn2)cc1)Nc1ccc(-c2nc(N3CCOCC3)nc(N3CCOCC3)n2)cc1. The molecule has 2 N–H and O–H groups in total. The van der Waals surface area contributed by atoms with Crippen LogP contribution in [0, 0.1) is 0 Å². The number of rotatable bonds is 8. The van der Waals surface area contributed by atoms with Crippen LogP contribution in [0.4, 0.5) is 28.1 Å². The number of nitrogens with zero attached hydrogens (tertiary/aromatic N) is 6. The zero-order valence-electron chi connectivity index (χ0n) is 23.6. The second kappa shape index (κ2) is 13.4. The van der Waals surface area contributed by atoms with Gasteiger partial charge in [-0.3, -0.25) is 9.78 Å². The molecule has 2 aromatic heterocycles. The van der Waals surface area contributed by atoms with Gasteiger partial charge in [0.2, 0.25) is 11.9 Å². The van der Waals surface area contributed by atoms with E-state index in [-0.39, 0.29) is 12.2 Å². The van der Waals surface area contributed by atoms with Crippen LogP contribution in [0.3, 0.4) is 0 Å². The van der Waals surface area contributed by atoms with Crippen LogP contribution in [0.1, 0.15) is 16.1 Å². The minimum atomic E-state index is -0.398. The van der Waals surface area contributed by atoms with Crippen molar-refractivity contribution in [2.75, 3.05) is 73.0 Å². The molecule has 2 aliphatic heterocycles. The summed E-state index contributed by atoms with van der Waals surface area (Å²) >= 11 is 0. The molecule has 0 saturated carbocycles. The predicted molar refractivity (Wildman–Crippen MR) is 163 cm³/mol. The van der Waals surface area contributed by atoms with E-state index >= 15 is 0 Å². The zero-order chi connectivity index (χ0) is 29.4. The first kappa shape index (κ1) is 28.2. The minimum absolute atomic E-state index is 0.0397. The lowest BCUT2D eigenvalue weighted by Crippen LogP contribution is -2.40. The third kappa shape index (κ3) is 7.29. The summed E-state index contributed by atoms with van der Waals surface area (Å²) in [5.74, 6) is 1.77. The maximum absolute atomic E-state index is 12.7. The first-order chi connectivity index (χ1) is 21.1. The van der Waals surface area contributed by atoms with E-state index in [9.17, 15) is 9.59 Å². The standard InChI is InChI=1S/C31H32N8O4/c40-27(21-26-3-1-2-12-32-26)22-4-8-24(9-5-22)33-31(41)34-25-10-6-23(7-11-25)28-35-29(38-13-17-42-18-14-38)37-30(36-28)39-15-19-43-20-16-39/h1-12H,13-21H2,(H2,33,34,41). The van der Waals surface area contributed by atoms with Gasteiger partial charge in [-0.25, -0.2) is 4.79 Å². The molecule has 2 amide bonds. The van der Waals surface area contributed by atoms with Crippen molar-refractivity contribution in [1.29, 1.82) is 0 Å². The molecule has 0 unspecified atom stereocenters. The number of carbonyl (C=O) groups is 2. The Balaban J connectivity index is 1.10. The van der Waals surface area contributed by atoms with Gasteiger partial charge in [0.05, 0.1) is 32.8 Å². The van der Waals surface area contributed by atoms with Crippen LogP contribution < -0.4 is 20.4 Å². The fraction of sp³-hybridized carbons (Fsp3) is 0.290. The Morgan fingerprint density at radius 1 is 0.698 bits per heavy atom. The van der Waals surface area contributed by atoms with Gasteiger partial charge < -0.3 is 29.9 Å². The van der Waals surface area contributed by atoms with Gasteiger partial charge in [-0.05, 0) is 60.7 Å². The monoisotopic (exact) mass is 580 g/mol. The first-order valence-corrected chi connectivity index (χ1v) is 14.2. The second-order valence-corrected chi connectivity index (χ2v) is 10.1. The Hall–Kier alpha value is -4.94. The number of ketones is 1. The van der Waals surface area contributed by atoms with E-state index < -0.39 is 6.03 Å². The Morgan fingerprint density at radius 3 is 1.79 bits per heavy atom. The number of anilines is 4. The van der Waals surface area contributed by atoms with Crippen molar-refractivity contribution in [2.24, 2.45) is 0 Å². The predicted octanol–water partition coefficient (Wildman–Crippen LogP) is 3.68. The summed E-state index contributed by atoms with van der Waals surface area (Å²) in [7, 11) is 0. The normalized spacial score (nSPS) is 15.2. The fourth-order valence-corrected chi connectivity index (χ4v) is 4.80. The van der Waals surface area contributed by atoms with Crippen molar-refractivity contribution >= 4 is 35.1 Å². The largest absolute Gasteiger partial charge is 0.378 e. The number of benzene rings is 2. The molecule has 12 heteroatoms. The molecule has 0 radical (unpaired) electrons. The van der Waals surface area contributed by atoms with Gasteiger partial charge >= 0.3 is 6.03 Å². The number of nitrogens with one attached hydrogen (secondary N) is 2. The molecule has 4 aromatic rings. The molecule has 2 aliphatic rings. The maximum Gasteiger partial charge on any atom is 0.323 e. The smallest absolute Gasteiger partial charge is 0.323 e. The molecule has 0 spiro atoms. The highest BCUT2D eigenvalue weighted by atomic mass is 16.5. The van der Waals surface area contributed by atoms with Crippen molar-refractivity contribution in [2.45, 2.75) is 6.42 Å². The number of carbonyl (C=O) groups excluding carboxylic acids is 2. The third-order valence-corrected chi connectivity index (χ3v) is 7.13. The molecular weight excluding hydrogens is 548 g/mol. The second-order valence-electron chi connectivity index (χ2n) is 10.1. The lowest BCUT2D eigenvalue weighted by Gasteiger charge is -2.30. The lowest BCUT2D eigenvalue weighted by atomic mass is 10.1. The molecule has 0 aliphatic carbocycles. The van der Waals surface area contributed by atoms with Crippen LogP contribution in [-0.4, -0.2) is 84.4 Å². The molecule has 0 bridgehead atoms. The van der Waals surface area contributed by atoms with Crippen LogP contribution in [0.2, 0.25) is 0 Å². The maximum atomic E-state index is 12.7. The average Bonchev–Trinajstić information content (AvgIpc) is 3.06. The van der Waals surface area contributed by atoms with Gasteiger partial charge in [-0.15, -0.1) is 0 Å². The fourth-order valence-electron chi connectivity index (χ4n) is 4.80. The van der Waals surface area contributed by atoms with Crippen molar-refractivity contribution < 1.29 is 19.1 Å². The number of hydrogen-bond donors (Lipinski definition) is 2. The summed E-state index contributed by atoms with van der Waals surface area (Å²) in [5.41, 5.74) is 3.26. The zero-order valence-corrected chi connectivity index (χ0v) is 23.6. The van der Waals surface area contributed by atoms with Crippen LogP contribution in [-0.2, 0) is 15.9 Å². The number of hydrogen-bond acceptors (Lipinski definition) is 10. The van der Waals surface area contributed by atoms with Gasteiger partial charge in [-0.1, -0.05) is 6.07 Å². The van der Waals surface area contributed by atoms with Crippen molar-refractivity contribution in [1.82, 2.24) is 19.9 Å². The summed E-state index contributed by atoms with van der Waals surface area (Å²) in [6, 6.07) is 19.2. The van der Waals surface area contributed by atoms with Gasteiger partial charge in [0.15, 0.2) is 11.6 Å². The van der Waals surface area contributed by atoms with E-state index in [2.05, 4.69) is 25.4 Å². The molecule has 12 nitrogen and oxygen atoms in total. The number of aromatic nitrogens is 4. The topological polar surface area (TPSA) is 135 Å². The van der Waals surface area contributed by atoms with E-state index in [1.807, 2.05) is 30.3 Å². The van der Waals surface area contributed by atoms with Gasteiger partial charge in [-0.2, -0.15) is 15.0 Å². The highest BCUT2D eigenvalue weighted by molar-refractivity contribution is 6.01. The molecule has 220 valence electrons. The number of urea groups is 1. The Bertz CT molecular complexity index is 1500. The Kier molecular flexibility index (Phi) is 8.76. The molecule has 4 heterocycles. The van der Waals surface area contributed by atoms with E-state index in [4.69, 9.17) is 24.4 Å². The van der Waals surface area contributed by atoms with Crippen molar-refractivity contribution in [3.05, 3.63) is 84.2 Å². The molecule has 2 fully saturated rings. The average molecular weight is 581 g/mol. The lowest BCUT2D eigenvalue weighted by molar-refractivity contribution is 0.0992. The van der Waals surface area contributed by atoms with Crippen LogP contribution in [0.15, 0.2) is 72.9 Å². The van der Waals surface area contributed by atoms with Crippen molar-refractivity contribution in [3.63, 3.8) is 0 Å². The van der Waals surface area contributed by atoms with Gasteiger partial charge in [0.1, 0.15) is 0 Å². The van der Waals surface area contributed by atoms with Crippen LogP contribution in [0.5, 0.6) is 0 Å². The molecule has 2 saturated heterocycles. The van der Waals surface area contributed by atoms with E-state index in [0.717, 1.165) is 5.56 Å². The minimum Gasteiger partial charge on any atom is -0.378 e. The first-order valence-electron chi connectivity index (χ1n) is 14.2. The van der Waals surface area contributed by atoms with Crippen LogP contribution in [0.25, 0.3) is 11.4 Å². The summed E-state index contributed by atoms with van der Waals surface area (Å²) in [6.45, 7) is 5.38. The van der Waals surface area contributed by atoms with E-state index in [1.54, 1.807) is 42.6 Å². The summed E-state index contributed by atoms with van der Waals surface area (Å²) in [4.78, 5) is 48.0. The number of morpholine rings is 2. The Morgan fingerprint density at radius 2 is 1.26 bits per heavy atom. The number of pyridine rings is 1. The van der Waals surface area contributed by atoms with E-state index in [1.165, 1.54) is 0 Å². The molecule has 0 atom stereocenters. The summed E-state index contributed by atoms with van der Waals surface area (Å²) < 4.78 is 11.0. The summed E-state index contributed by atoms with van der Waals surface area (Å²) in [6.07, 6.45) is 1.89. The van der Waals surface area contributed by atoms with Crippen LogP contribution >= 0.6 is 0 Å². The molecular formula is C31H32N8O4. The van der Waals surface area contributed by atoms with E-state index in [0.29, 0.717) is 93.0 Å². The molecule has 2 aromatic carbocycles. The number of Topliss-reactive ketones (excluding diaryl/α,β-unsaturated/α-hetero) is 1. The summed E-state index contributed by atoms with van der Waals surface area (Å²) in [5, 5.41) is 5.64. The third-order valence-electron chi connectivity index (χ3n) is 7.13. The van der Waals surface area contributed by atoms with Gasteiger partial charge in [0.25, 0.3) is 0 Å². The Labute approximate surface area is 249 Å². The molecule has 6 rings (SSSR count). The number of ether oxygens (including phenoxy) is 2. The van der Waals surface area contributed by atoms with Gasteiger partial charge in [0, 0.05) is 60.6 Å². The molecule has 43 heavy (non-hydrogen) atoms. The highest BCUT2D eigenvalue weighted by Crippen LogP contribution is 2.24. The highest BCUT2D eigenvalue weighted by Gasteiger charge is 2.21. The quantitative estimate of drug-likeness (QED) is 0.297.